The van der Waals surface area contributed by atoms with Gasteiger partial charge in [-0.25, -0.2) is 9.59 Å². The molecule has 0 spiro atoms. The van der Waals surface area contributed by atoms with Crippen molar-refractivity contribution >= 4 is 39.6 Å². The minimum absolute atomic E-state index is 0.0318. The first-order valence-corrected chi connectivity index (χ1v) is 16.7. The average Bonchev–Trinajstić information content (AvgIpc) is 4.07. The van der Waals surface area contributed by atoms with Gasteiger partial charge >= 0.3 is 11.9 Å². The van der Waals surface area contributed by atoms with Crippen LogP contribution in [0, 0.1) is 5.92 Å². The Morgan fingerprint density at radius 1 is 0.653 bits per heavy atom. The molecule has 1 aliphatic heterocycles. The van der Waals surface area contributed by atoms with Crippen LogP contribution in [-0.4, -0.2) is 37.9 Å². The van der Waals surface area contributed by atoms with Crippen molar-refractivity contribution < 1.29 is 33.3 Å². The number of hydrogen-bond acceptors (Lipinski definition) is 7. The summed E-state index contributed by atoms with van der Waals surface area (Å²) < 4.78 is 28.5. The smallest absolute Gasteiger partial charge is 0.343 e. The average molecular weight is 649 g/mol. The summed E-state index contributed by atoms with van der Waals surface area (Å²) in [6.45, 7) is 2.05. The van der Waals surface area contributed by atoms with Gasteiger partial charge in [0.15, 0.2) is 0 Å². The van der Waals surface area contributed by atoms with E-state index < -0.39 is 11.9 Å². The largest absolute Gasteiger partial charge is 0.493 e. The first kappa shape index (κ1) is 29.5. The second-order valence-corrected chi connectivity index (χ2v) is 13.1. The van der Waals surface area contributed by atoms with Gasteiger partial charge < -0.3 is 23.7 Å². The van der Waals surface area contributed by atoms with E-state index in [-0.39, 0.29) is 12.0 Å². The number of hydrogen-bond donors (Lipinski definition) is 0. The Hall–Kier alpha value is -5.66. The third-order valence-corrected chi connectivity index (χ3v) is 9.37. The second kappa shape index (κ2) is 12.1. The third-order valence-electron chi connectivity index (χ3n) is 9.37. The van der Waals surface area contributed by atoms with Crippen LogP contribution in [0.25, 0.3) is 27.6 Å². The zero-order valence-corrected chi connectivity index (χ0v) is 26.6. The lowest BCUT2D eigenvalue weighted by molar-refractivity contribution is 0.0635. The highest BCUT2D eigenvalue weighted by Crippen LogP contribution is 2.42. The van der Waals surface area contributed by atoms with Crippen LogP contribution in [0.5, 0.6) is 17.2 Å². The Morgan fingerprint density at radius 2 is 1.27 bits per heavy atom. The monoisotopic (exact) mass is 648 g/mol. The Morgan fingerprint density at radius 3 is 1.94 bits per heavy atom. The van der Waals surface area contributed by atoms with E-state index in [4.69, 9.17) is 23.7 Å². The van der Waals surface area contributed by atoms with Crippen LogP contribution >= 0.6 is 0 Å². The molecule has 0 N–H and O–H groups in total. The predicted molar refractivity (Wildman–Crippen MR) is 186 cm³/mol. The van der Waals surface area contributed by atoms with Crippen LogP contribution in [-0.2, 0) is 9.47 Å². The topological polar surface area (TPSA) is 83.6 Å². The number of carbonyl (C=O) groups excluding carboxylic acids is 2. The molecule has 7 nitrogen and oxygen atoms in total. The predicted octanol–water partition coefficient (Wildman–Crippen LogP) is 8.57. The molecule has 0 aromatic heterocycles. The van der Waals surface area contributed by atoms with Gasteiger partial charge in [-0.2, -0.15) is 0 Å². The van der Waals surface area contributed by atoms with Gasteiger partial charge in [-0.15, -0.1) is 0 Å². The summed E-state index contributed by atoms with van der Waals surface area (Å²) in [5.41, 5.74) is 4.00. The SMILES string of the molecule is O=C(OC1=CC2=Cc3cc(OC(=O)c4ccc5cc(OCC6CC6)ccc5c4)ccc3C2C=C1)c1ccc2cc(OCC3CO3)ccc2c1. The van der Waals surface area contributed by atoms with E-state index in [0.717, 1.165) is 63.0 Å². The lowest BCUT2D eigenvalue weighted by Gasteiger charge is -2.16. The first-order chi connectivity index (χ1) is 24.0. The van der Waals surface area contributed by atoms with Crippen LogP contribution in [0.3, 0.4) is 0 Å². The van der Waals surface area contributed by atoms with E-state index in [0.29, 0.717) is 35.2 Å². The number of allylic oxidation sites excluding steroid dienone is 4. The van der Waals surface area contributed by atoms with Gasteiger partial charge in [0.1, 0.15) is 35.7 Å². The number of esters is 2. The Kier molecular flexibility index (Phi) is 7.28. The molecule has 5 aromatic rings. The molecule has 2 unspecified atom stereocenters. The van der Waals surface area contributed by atoms with E-state index in [9.17, 15) is 9.59 Å². The van der Waals surface area contributed by atoms with Gasteiger partial charge in [0.25, 0.3) is 0 Å². The number of epoxide rings is 1. The van der Waals surface area contributed by atoms with Crippen molar-refractivity contribution in [2.45, 2.75) is 24.9 Å². The van der Waals surface area contributed by atoms with Crippen molar-refractivity contribution in [1.29, 1.82) is 0 Å². The van der Waals surface area contributed by atoms with E-state index in [1.54, 1.807) is 12.1 Å². The van der Waals surface area contributed by atoms with Crippen molar-refractivity contribution in [1.82, 2.24) is 0 Å². The van der Waals surface area contributed by atoms with Crippen LogP contribution in [0.1, 0.15) is 50.6 Å². The van der Waals surface area contributed by atoms with Gasteiger partial charge in [0, 0.05) is 5.92 Å². The molecular weight excluding hydrogens is 616 g/mol. The molecule has 3 aliphatic carbocycles. The van der Waals surface area contributed by atoms with Crippen LogP contribution in [0.2, 0.25) is 0 Å². The van der Waals surface area contributed by atoms with Crippen molar-refractivity contribution in [3.8, 4) is 17.2 Å². The fourth-order valence-electron chi connectivity index (χ4n) is 6.35. The number of ether oxygens (including phenoxy) is 5. The highest BCUT2D eigenvalue weighted by molar-refractivity contribution is 5.97. The van der Waals surface area contributed by atoms with Crippen LogP contribution in [0.15, 0.2) is 121 Å². The van der Waals surface area contributed by atoms with E-state index >= 15 is 0 Å². The maximum absolute atomic E-state index is 13.1. The van der Waals surface area contributed by atoms with Gasteiger partial charge in [-0.05, 0) is 130 Å². The minimum atomic E-state index is -0.427. The number of rotatable bonds is 10. The lowest BCUT2D eigenvalue weighted by atomic mass is 9.92. The quantitative estimate of drug-likeness (QED) is 0.0852. The molecule has 0 amide bonds. The van der Waals surface area contributed by atoms with Crippen LogP contribution in [0.4, 0.5) is 0 Å². The summed E-state index contributed by atoms with van der Waals surface area (Å²) in [7, 11) is 0. The summed E-state index contributed by atoms with van der Waals surface area (Å²) in [5, 5.41) is 3.86. The molecular formula is C42H32O7. The highest BCUT2D eigenvalue weighted by Gasteiger charge is 2.27. The summed E-state index contributed by atoms with van der Waals surface area (Å²) >= 11 is 0. The van der Waals surface area contributed by atoms with Crippen molar-refractivity contribution in [3.05, 3.63) is 143 Å². The molecule has 5 aromatic carbocycles. The highest BCUT2D eigenvalue weighted by atomic mass is 16.6. The Bertz CT molecular complexity index is 2250. The molecule has 1 saturated carbocycles. The van der Waals surface area contributed by atoms with Crippen molar-refractivity contribution in [2.24, 2.45) is 5.92 Å². The molecule has 0 bridgehead atoms. The first-order valence-electron chi connectivity index (χ1n) is 16.7. The van der Waals surface area contributed by atoms with Crippen molar-refractivity contribution in [3.63, 3.8) is 0 Å². The zero-order chi connectivity index (χ0) is 32.9. The molecule has 0 radical (unpaired) electrons. The van der Waals surface area contributed by atoms with E-state index in [1.165, 1.54) is 12.8 Å². The summed E-state index contributed by atoms with van der Waals surface area (Å²) in [6.07, 6.45) is 10.5. The van der Waals surface area contributed by atoms with Crippen molar-refractivity contribution in [2.75, 3.05) is 19.8 Å². The number of benzene rings is 5. The summed E-state index contributed by atoms with van der Waals surface area (Å²) in [5.74, 6) is 2.43. The van der Waals surface area contributed by atoms with E-state index in [1.807, 2.05) is 103 Å². The summed E-state index contributed by atoms with van der Waals surface area (Å²) in [4.78, 5) is 26.2. The van der Waals surface area contributed by atoms with Gasteiger partial charge in [-0.1, -0.05) is 42.5 Å². The standard InChI is InChI=1S/C42H32O7/c43-41(30-5-3-28-18-34(9-7-26(28)15-30)45-22-25-1-2-25)48-36-11-13-39-32(20-36)17-33-21-37(12-14-40(33)39)49-42(44)31-6-4-29-19-35(10-8-27(29)16-31)46-23-38-24-47-38/h3-21,25,38,40H,1-2,22-24H2. The van der Waals surface area contributed by atoms with E-state index in [2.05, 4.69) is 0 Å². The normalized spacial score (nSPS) is 18.7. The molecule has 9 rings (SSSR count). The molecule has 7 heteroatoms. The maximum atomic E-state index is 13.1. The third kappa shape index (κ3) is 6.33. The second-order valence-electron chi connectivity index (χ2n) is 13.1. The lowest BCUT2D eigenvalue weighted by Crippen LogP contribution is -2.09. The molecule has 242 valence electrons. The maximum Gasteiger partial charge on any atom is 0.343 e. The minimum Gasteiger partial charge on any atom is -0.493 e. The van der Waals surface area contributed by atoms with Crippen LogP contribution < -0.4 is 14.2 Å². The fraction of sp³-hybridized carbons (Fsp3) is 0.190. The van der Waals surface area contributed by atoms with Gasteiger partial charge in [0.2, 0.25) is 0 Å². The van der Waals surface area contributed by atoms with Gasteiger partial charge in [-0.3, -0.25) is 0 Å². The number of carbonyl (C=O) groups is 2. The molecule has 4 aliphatic rings. The fourth-order valence-corrected chi connectivity index (χ4v) is 6.35. The molecule has 1 saturated heterocycles. The zero-order valence-electron chi connectivity index (χ0n) is 26.6. The Labute approximate surface area is 283 Å². The molecule has 49 heavy (non-hydrogen) atoms. The molecule has 2 fully saturated rings. The molecule has 1 heterocycles. The molecule has 2 atom stereocenters. The van der Waals surface area contributed by atoms with Gasteiger partial charge in [0.05, 0.1) is 24.3 Å². The summed E-state index contributed by atoms with van der Waals surface area (Å²) in [6, 6.07) is 28.5. The Balaban J connectivity index is 0.855. The number of fused-ring (bicyclic) bond motifs is 5.